The minimum Gasteiger partial charge on any atom is -0.396 e. The summed E-state index contributed by atoms with van der Waals surface area (Å²) in [4.78, 5) is 2.15. The molecule has 0 saturated heterocycles. The minimum atomic E-state index is 0.219. The summed E-state index contributed by atoms with van der Waals surface area (Å²) in [6.07, 6.45) is 8.17. The standard InChI is InChI=1S/C22H32N2O/c1-5-9-20-14-18(3)24(4)22(16-20)23-21(17(2)12-13-25)15-19-10-7-6-8-11-19/h6-11,16-17,21,23,25H,3,5,12-15H2,1-2,4H3/b20-9+. The fourth-order valence-electron chi connectivity index (χ4n) is 3.24. The van der Waals surface area contributed by atoms with Crippen molar-refractivity contribution < 1.29 is 5.11 Å². The van der Waals surface area contributed by atoms with E-state index >= 15 is 0 Å². The van der Waals surface area contributed by atoms with Gasteiger partial charge in [-0.25, -0.2) is 0 Å². The molecule has 0 spiro atoms. The highest BCUT2D eigenvalue weighted by Gasteiger charge is 2.22. The van der Waals surface area contributed by atoms with Gasteiger partial charge in [0.25, 0.3) is 0 Å². The van der Waals surface area contributed by atoms with Crippen LogP contribution in [0.2, 0.25) is 0 Å². The second-order valence-corrected chi connectivity index (χ2v) is 6.95. The van der Waals surface area contributed by atoms with E-state index < -0.39 is 0 Å². The predicted octanol–water partition coefficient (Wildman–Crippen LogP) is 4.23. The van der Waals surface area contributed by atoms with Gasteiger partial charge in [0.05, 0.1) is 0 Å². The summed E-state index contributed by atoms with van der Waals surface area (Å²) in [5.41, 5.74) is 3.74. The Bertz CT molecular complexity index is 618. The van der Waals surface area contributed by atoms with Crippen molar-refractivity contribution in [2.24, 2.45) is 5.92 Å². The Balaban J connectivity index is 2.21. The van der Waals surface area contributed by atoms with Crippen molar-refractivity contribution in [2.45, 2.75) is 45.6 Å². The first-order valence-electron chi connectivity index (χ1n) is 9.28. The average molecular weight is 341 g/mol. The van der Waals surface area contributed by atoms with Gasteiger partial charge in [-0.15, -0.1) is 0 Å². The number of rotatable bonds is 8. The monoisotopic (exact) mass is 340 g/mol. The van der Waals surface area contributed by atoms with Crippen LogP contribution >= 0.6 is 0 Å². The summed E-state index contributed by atoms with van der Waals surface area (Å²) < 4.78 is 0. The van der Waals surface area contributed by atoms with Crippen molar-refractivity contribution in [2.75, 3.05) is 13.7 Å². The Kier molecular flexibility index (Phi) is 7.32. The van der Waals surface area contributed by atoms with Gasteiger partial charge in [-0.2, -0.15) is 0 Å². The third kappa shape index (κ3) is 5.50. The largest absolute Gasteiger partial charge is 0.396 e. The Morgan fingerprint density at radius 2 is 2.04 bits per heavy atom. The molecule has 25 heavy (non-hydrogen) atoms. The Hall–Kier alpha value is -2.00. The van der Waals surface area contributed by atoms with Gasteiger partial charge in [0.1, 0.15) is 5.82 Å². The molecule has 2 N–H and O–H groups in total. The van der Waals surface area contributed by atoms with Crippen LogP contribution < -0.4 is 5.32 Å². The number of hydrogen-bond donors (Lipinski definition) is 2. The van der Waals surface area contributed by atoms with Crippen LogP contribution in [0.15, 0.2) is 66.2 Å². The van der Waals surface area contributed by atoms with E-state index in [1.807, 2.05) is 6.07 Å². The summed E-state index contributed by atoms with van der Waals surface area (Å²) in [7, 11) is 2.07. The summed E-state index contributed by atoms with van der Waals surface area (Å²) in [6.45, 7) is 8.80. The lowest BCUT2D eigenvalue weighted by Crippen LogP contribution is -2.42. The number of aliphatic hydroxyl groups is 1. The predicted molar refractivity (Wildman–Crippen MR) is 106 cm³/mol. The van der Waals surface area contributed by atoms with E-state index in [1.165, 1.54) is 11.1 Å². The van der Waals surface area contributed by atoms with E-state index in [1.54, 1.807) is 0 Å². The van der Waals surface area contributed by atoms with Crippen molar-refractivity contribution in [1.29, 1.82) is 0 Å². The number of nitrogens with zero attached hydrogens (tertiary/aromatic N) is 1. The van der Waals surface area contributed by atoms with Crippen molar-refractivity contribution in [3.8, 4) is 0 Å². The Morgan fingerprint density at radius 1 is 1.32 bits per heavy atom. The van der Waals surface area contributed by atoms with Crippen molar-refractivity contribution in [1.82, 2.24) is 10.2 Å². The third-order valence-electron chi connectivity index (χ3n) is 4.94. The molecule has 3 nitrogen and oxygen atoms in total. The van der Waals surface area contributed by atoms with Gasteiger partial charge in [-0.05, 0) is 42.4 Å². The molecule has 2 unspecified atom stereocenters. The number of nitrogens with one attached hydrogen (secondary N) is 1. The van der Waals surface area contributed by atoms with Crippen molar-refractivity contribution >= 4 is 0 Å². The van der Waals surface area contributed by atoms with Gasteiger partial charge in [-0.3, -0.25) is 0 Å². The highest BCUT2D eigenvalue weighted by atomic mass is 16.3. The summed E-state index contributed by atoms with van der Waals surface area (Å²) in [5, 5.41) is 13.1. The average Bonchev–Trinajstić information content (AvgIpc) is 2.60. The molecule has 0 amide bonds. The molecule has 0 aromatic heterocycles. The quantitative estimate of drug-likeness (QED) is 0.743. The number of hydrogen-bond acceptors (Lipinski definition) is 3. The zero-order valence-corrected chi connectivity index (χ0v) is 15.8. The van der Waals surface area contributed by atoms with E-state index in [4.69, 9.17) is 0 Å². The van der Waals surface area contributed by atoms with E-state index in [0.717, 1.165) is 37.2 Å². The van der Waals surface area contributed by atoms with Gasteiger partial charge in [0.15, 0.2) is 0 Å². The van der Waals surface area contributed by atoms with Crippen LogP contribution in [-0.2, 0) is 6.42 Å². The second-order valence-electron chi connectivity index (χ2n) is 6.95. The van der Waals surface area contributed by atoms with Crippen LogP contribution in [0.1, 0.15) is 38.7 Å². The minimum absolute atomic E-state index is 0.219. The molecule has 2 rings (SSSR count). The van der Waals surface area contributed by atoms with Gasteiger partial charge < -0.3 is 15.3 Å². The highest BCUT2D eigenvalue weighted by molar-refractivity contribution is 5.33. The molecule has 0 bridgehead atoms. The first-order valence-corrected chi connectivity index (χ1v) is 9.28. The van der Waals surface area contributed by atoms with Crippen LogP contribution in [0.4, 0.5) is 0 Å². The normalized spacial score (nSPS) is 18.9. The zero-order valence-electron chi connectivity index (χ0n) is 15.8. The van der Waals surface area contributed by atoms with Crippen molar-refractivity contribution in [3.63, 3.8) is 0 Å². The molecule has 1 aromatic carbocycles. The molecule has 0 saturated carbocycles. The molecule has 3 heteroatoms. The molecule has 0 radical (unpaired) electrons. The number of benzene rings is 1. The Morgan fingerprint density at radius 3 is 2.68 bits per heavy atom. The van der Waals surface area contributed by atoms with Gasteiger partial charge in [-0.1, -0.05) is 56.8 Å². The Labute approximate surface area is 152 Å². The van der Waals surface area contributed by atoms with E-state index in [2.05, 4.69) is 74.1 Å². The fraction of sp³-hybridized carbons (Fsp3) is 0.455. The van der Waals surface area contributed by atoms with Crippen LogP contribution in [0.5, 0.6) is 0 Å². The van der Waals surface area contributed by atoms with E-state index in [-0.39, 0.29) is 12.6 Å². The first-order chi connectivity index (χ1) is 12.0. The molecule has 1 aliphatic rings. The summed E-state index contributed by atoms with van der Waals surface area (Å²) in [5.74, 6) is 1.47. The van der Waals surface area contributed by atoms with Gasteiger partial charge >= 0.3 is 0 Å². The molecule has 0 fully saturated rings. The maximum absolute atomic E-state index is 9.39. The molecule has 1 aromatic rings. The molecule has 2 atom stereocenters. The molecule has 136 valence electrons. The third-order valence-corrected chi connectivity index (χ3v) is 4.94. The lowest BCUT2D eigenvalue weighted by Gasteiger charge is -2.35. The van der Waals surface area contributed by atoms with E-state index in [9.17, 15) is 5.11 Å². The molecular weight excluding hydrogens is 308 g/mol. The zero-order chi connectivity index (χ0) is 18.2. The number of aliphatic hydroxyl groups excluding tert-OH is 1. The first kappa shape index (κ1) is 19.3. The van der Waals surface area contributed by atoms with Crippen LogP contribution in [0.25, 0.3) is 0 Å². The highest BCUT2D eigenvalue weighted by Crippen LogP contribution is 2.26. The van der Waals surface area contributed by atoms with Gasteiger partial charge in [0, 0.05) is 31.8 Å². The molecule has 1 heterocycles. The van der Waals surface area contributed by atoms with Crippen LogP contribution in [0, 0.1) is 5.92 Å². The molecular formula is C22H32N2O. The fourth-order valence-corrected chi connectivity index (χ4v) is 3.24. The summed E-state index contributed by atoms with van der Waals surface area (Å²) >= 11 is 0. The van der Waals surface area contributed by atoms with Gasteiger partial charge in [0.2, 0.25) is 0 Å². The lowest BCUT2D eigenvalue weighted by molar-refractivity contribution is 0.236. The lowest BCUT2D eigenvalue weighted by atomic mass is 9.92. The summed E-state index contributed by atoms with van der Waals surface area (Å²) in [6, 6.07) is 10.8. The van der Waals surface area contributed by atoms with E-state index in [0.29, 0.717) is 5.92 Å². The molecule has 0 aliphatic carbocycles. The smallest absolute Gasteiger partial charge is 0.106 e. The molecule has 1 aliphatic heterocycles. The van der Waals surface area contributed by atoms with Crippen LogP contribution in [-0.4, -0.2) is 29.7 Å². The maximum atomic E-state index is 9.39. The SMILES string of the molecule is C=C1C/C(=C\CC)C=C(NC(Cc2ccccc2)C(C)CCO)N1C. The second kappa shape index (κ2) is 9.47. The number of allylic oxidation sites excluding steroid dienone is 3. The van der Waals surface area contributed by atoms with Crippen molar-refractivity contribution in [3.05, 3.63) is 71.7 Å². The van der Waals surface area contributed by atoms with Crippen LogP contribution in [0.3, 0.4) is 0 Å². The topological polar surface area (TPSA) is 35.5 Å². The maximum Gasteiger partial charge on any atom is 0.106 e.